The van der Waals surface area contributed by atoms with Crippen LogP contribution in [0.3, 0.4) is 0 Å². The SMILES string of the molecule is CN(C(=O)c1cnc2c(c1)c(=O)n(C)c(=O)n2C)C1CCNC1. The Morgan fingerprint density at radius 2 is 2.09 bits per heavy atom. The molecule has 1 saturated heterocycles. The van der Waals surface area contributed by atoms with Crippen LogP contribution in [0.5, 0.6) is 0 Å². The molecule has 1 amide bonds. The Bertz CT molecular complexity index is 892. The molecule has 0 radical (unpaired) electrons. The molecule has 1 N–H and O–H groups in total. The molecule has 1 atom stereocenters. The second kappa shape index (κ2) is 5.62. The van der Waals surface area contributed by atoms with Crippen LogP contribution >= 0.6 is 0 Å². The van der Waals surface area contributed by atoms with E-state index in [0.717, 1.165) is 24.1 Å². The van der Waals surface area contributed by atoms with E-state index in [0.29, 0.717) is 5.56 Å². The third-order valence-electron chi connectivity index (χ3n) is 4.44. The van der Waals surface area contributed by atoms with Gasteiger partial charge in [-0.25, -0.2) is 9.78 Å². The van der Waals surface area contributed by atoms with Crippen LogP contribution in [0.2, 0.25) is 0 Å². The number of likely N-dealkylation sites (N-methyl/N-ethyl adjacent to an activating group) is 1. The number of fused-ring (bicyclic) bond motifs is 1. The third-order valence-corrected chi connectivity index (χ3v) is 4.44. The zero-order valence-electron chi connectivity index (χ0n) is 13.4. The predicted molar refractivity (Wildman–Crippen MR) is 85.6 cm³/mol. The van der Waals surface area contributed by atoms with Crippen LogP contribution in [0.15, 0.2) is 21.9 Å². The Labute approximate surface area is 132 Å². The molecule has 3 heterocycles. The lowest BCUT2D eigenvalue weighted by atomic mass is 10.1. The molecule has 1 fully saturated rings. The van der Waals surface area contributed by atoms with E-state index in [1.165, 1.54) is 23.9 Å². The maximum absolute atomic E-state index is 12.6. The molecule has 2 aromatic rings. The predicted octanol–water partition coefficient (Wildman–Crippen LogP) is -0.934. The monoisotopic (exact) mass is 317 g/mol. The number of nitrogens with one attached hydrogen (secondary N) is 1. The molecular weight excluding hydrogens is 298 g/mol. The number of amides is 1. The van der Waals surface area contributed by atoms with Gasteiger partial charge in [0.25, 0.3) is 11.5 Å². The average molecular weight is 317 g/mol. The van der Waals surface area contributed by atoms with Crippen LogP contribution in [0.4, 0.5) is 0 Å². The van der Waals surface area contributed by atoms with Gasteiger partial charge in [-0.15, -0.1) is 0 Å². The fourth-order valence-electron chi connectivity index (χ4n) is 2.92. The summed E-state index contributed by atoms with van der Waals surface area (Å²) in [7, 11) is 4.72. The van der Waals surface area contributed by atoms with Crippen LogP contribution < -0.4 is 16.6 Å². The Hall–Kier alpha value is -2.48. The van der Waals surface area contributed by atoms with Gasteiger partial charge in [0.05, 0.1) is 10.9 Å². The van der Waals surface area contributed by atoms with E-state index in [9.17, 15) is 14.4 Å². The molecular formula is C15H19N5O3. The molecule has 23 heavy (non-hydrogen) atoms. The quantitative estimate of drug-likeness (QED) is 0.773. The summed E-state index contributed by atoms with van der Waals surface area (Å²) in [6.45, 7) is 1.65. The Morgan fingerprint density at radius 3 is 2.74 bits per heavy atom. The lowest BCUT2D eigenvalue weighted by Gasteiger charge is -2.23. The fourth-order valence-corrected chi connectivity index (χ4v) is 2.92. The molecule has 3 rings (SSSR count). The van der Waals surface area contributed by atoms with Crippen LogP contribution in [-0.4, -0.2) is 51.1 Å². The van der Waals surface area contributed by atoms with Gasteiger partial charge < -0.3 is 10.2 Å². The van der Waals surface area contributed by atoms with Crippen LogP contribution in [0.1, 0.15) is 16.8 Å². The van der Waals surface area contributed by atoms with E-state index in [2.05, 4.69) is 10.3 Å². The molecule has 1 aliphatic heterocycles. The minimum Gasteiger partial charge on any atom is -0.337 e. The number of aromatic nitrogens is 3. The lowest BCUT2D eigenvalue weighted by molar-refractivity contribution is 0.0743. The first-order chi connectivity index (χ1) is 10.9. The second-order valence-electron chi connectivity index (χ2n) is 5.86. The number of aryl methyl sites for hydroxylation is 1. The first kappa shape index (κ1) is 15.4. The van der Waals surface area contributed by atoms with Gasteiger partial charge in [0, 0.05) is 39.9 Å². The summed E-state index contributed by atoms with van der Waals surface area (Å²) in [6, 6.07) is 1.66. The van der Waals surface area contributed by atoms with Gasteiger partial charge in [0.15, 0.2) is 0 Å². The summed E-state index contributed by atoms with van der Waals surface area (Å²) < 4.78 is 2.32. The number of nitrogens with zero attached hydrogens (tertiary/aromatic N) is 4. The van der Waals surface area contributed by atoms with Crippen LogP contribution in [0, 0.1) is 0 Å². The number of carbonyl (C=O) groups is 1. The first-order valence-corrected chi connectivity index (χ1v) is 7.45. The Balaban J connectivity index is 2.08. The second-order valence-corrected chi connectivity index (χ2v) is 5.86. The maximum atomic E-state index is 12.6. The van der Waals surface area contributed by atoms with Crippen molar-refractivity contribution in [1.29, 1.82) is 0 Å². The lowest BCUT2D eigenvalue weighted by Crippen LogP contribution is -2.39. The molecule has 0 saturated carbocycles. The minimum atomic E-state index is -0.449. The van der Waals surface area contributed by atoms with Crippen molar-refractivity contribution in [3.05, 3.63) is 38.7 Å². The molecule has 122 valence electrons. The highest BCUT2D eigenvalue weighted by Gasteiger charge is 2.24. The van der Waals surface area contributed by atoms with Gasteiger partial charge in [0.2, 0.25) is 0 Å². The topological polar surface area (TPSA) is 89.2 Å². The number of hydrogen-bond acceptors (Lipinski definition) is 5. The van der Waals surface area contributed by atoms with Gasteiger partial charge in [-0.2, -0.15) is 0 Å². The van der Waals surface area contributed by atoms with E-state index in [-0.39, 0.29) is 23.0 Å². The van der Waals surface area contributed by atoms with E-state index in [1.54, 1.807) is 19.0 Å². The highest BCUT2D eigenvalue weighted by molar-refractivity contribution is 5.96. The normalized spacial score (nSPS) is 17.6. The zero-order chi connectivity index (χ0) is 16.7. The van der Waals surface area contributed by atoms with Gasteiger partial charge in [0.1, 0.15) is 5.65 Å². The summed E-state index contributed by atoms with van der Waals surface area (Å²) in [5.74, 6) is -0.177. The van der Waals surface area contributed by atoms with Gasteiger partial charge in [-0.05, 0) is 19.0 Å². The highest BCUT2D eigenvalue weighted by atomic mass is 16.2. The number of rotatable bonds is 2. The van der Waals surface area contributed by atoms with E-state index in [1.807, 2.05) is 0 Å². The first-order valence-electron chi connectivity index (χ1n) is 7.45. The fraction of sp³-hybridized carbons (Fsp3) is 0.467. The molecule has 0 aromatic carbocycles. The molecule has 0 bridgehead atoms. The van der Waals surface area contributed by atoms with Gasteiger partial charge in [-0.3, -0.25) is 18.7 Å². The largest absolute Gasteiger partial charge is 0.337 e. The smallest absolute Gasteiger partial charge is 0.332 e. The van der Waals surface area contributed by atoms with Crippen molar-refractivity contribution in [2.45, 2.75) is 12.5 Å². The summed E-state index contributed by atoms with van der Waals surface area (Å²) >= 11 is 0. The molecule has 1 unspecified atom stereocenters. The average Bonchev–Trinajstić information content (AvgIpc) is 3.10. The standard InChI is InChI=1S/C15H19N5O3/c1-18(10-4-5-16-8-10)13(21)9-6-11-12(17-7-9)19(2)15(23)20(3)14(11)22/h6-7,10,16H,4-5,8H2,1-3H3. The van der Waals surface area contributed by atoms with Crippen LogP contribution in [0.25, 0.3) is 11.0 Å². The number of hydrogen-bond donors (Lipinski definition) is 1. The Morgan fingerprint density at radius 1 is 1.35 bits per heavy atom. The van der Waals surface area contributed by atoms with Crippen molar-refractivity contribution in [2.75, 3.05) is 20.1 Å². The van der Waals surface area contributed by atoms with Crippen LogP contribution in [-0.2, 0) is 14.1 Å². The molecule has 2 aromatic heterocycles. The molecule has 1 aliphatic rings. The van der Waals surface area contributed by atoms with E-state index >= 15 is 0 Å². The van der Waals surface area contributed by atoms with E-state index in [4.69, 9.17) is 0 Å². The summed E-state index contributed by atoms with van der Waals surface area (Å²) in [5.41, 5.74) is -0.263. The molecule has 0 spiro atoms. The third kappa shape index (κ3) is 2.44. The summed E-state index contributed by atoms with van der Waals surface area (Å²) in [4.78, 5) is 42.6. The molecule has 8 heteroatoms. The number of carbonyl (C=O) groups excluding carboxylic acids is 1. The highest BCUT2D eigenvalue weighted by Crippen LogP contribution is 2.13. The van der Waals surface area contributed by atoms with Crippen molar-refractivity contribution >= 4 is 16.9 Å². The van der Waals surface area contributed by atoms with Crippen molar-refractivity contribution < 1.29 is 4.79 Å². The van der Waals surface area contributed by atoms with E-state index < -0.39 is 11.2 Å². The van der Waals surface area contributed by atoms with Crippen molar-refractivity contribution in [3.63, 3.8) is 0 Å². The van der Waals surface area contributed by atoms with Crippen molar-refractivity contribution in [2.24, 2.45) is 14.1 Å². The van der Waals surface area contributed by atoms with Gasteiger partial charge in [-0.1, -0.05) is 0 Å². The summed E-state index contributed by atoms with van der Waals surface area (Å²) in [6.07, 6.45) is 2.32. The van der Waals surface area contributed by atoms with Gasteiger partial charge >= 0.3 is 5.69 Å². The molecule has 0 aliphatic carbocycles. The maximum Gasteiger partial charge on any atom is 0.332 e. The Kier molecular flexibility index (Phi) is 3.77. The minimum absolute atomic E-state index is 0.140. The molecule has 8 nitrogen and oxygen atoms in total. The summed E-state index contributed by atoms with van der Waals surface area (Å²) in [5, 5.41) is 3.48. The van der Waals surface area contributed by atoms with Crippen molar-refractivity contribution in [1.82, 2.24) is 24.3 Å². The van der Waals surface area contributed by atoms with Crippen molar-refractivity contribution in [3.8, 4) is 0 Å². The zero-order valence-corrected chi connectivity index (χ0v) is 13.4. The number of pyridine rings is 1.